The van der Waals surface area contributed by atoms with Gasteiger partial charge in [0.2, 0.25) is 5.91 Å². The van der Waals surface area contributed by atoms with Crippen molar-refractivity contribution >= 4 is 17.8 Å². The molecule has 16 heavy (non-hydrogen) atoms. The number of amides is 2. The lowest BCUT2D eigenvalue weighted by Crippen LogP contribution is -2.47. The van der Waals surface area contributed by atoms with Gasteiger partial charge in [-0.2, -0.15) is 0 Å². The van der Waals surface area contributed by atoms with Gasteiger partial charge < -0.3 is 9.84 Å². The van der Waals surface area contributed by atoms with Gasteiger partial charge in [-0.1, -0.05) is 0 Å². The van der Waals surface area contributed by atoms with Crippen LogP contribution in [-0.4, -0.2) is 46.5 Å². The zero-order valence-electron chi connectivity index (χ0n) is 9.30. The highest BCUT2D eigenvalue weighted by atomic mass is 16.5. The topological polar surface area (TPSA) is 83.9 Å². The second kappa shape index (κ2) is 5.07. The summed E-state index contributed by atoms with van der Waals surface area (Å²) in [4.78, 5) is 35.2. The molecule has 0 saturated carbocycles. The van der Waals surface area contributed by atoms with E-state index in [0.29, 0.717) is 0 Å². The number of carbonyl (C=O) groups is 3. The molecule has 0 aromatic carbocycles. The lowest BCUT2D eigenvalue weighted by molar-refractivity contribution is -0.160. The third kappa shape index (κ3) is 2.38. The summed E-state index contributed by atoms with van der Waals surface area (Å²) in [6, 6.07) is -0.880. The highest BCUT2D eigenvalue weighted by Crippen LogP contribution is 2.21. The fourth-order valence-corrected chi connectivity index (χ4v) is 1.62. The summed E-state index contributed by atoms with van der Waals surface area (Å²) in [7, 11) is 0. The molecule has 0 aromatic rings. The van der Waals surface area contributed by atoms with E-state index in [9.17, 15) is 14.4 Å². The normalized spacial score (nSPS) is 22.1. The molecule has 2 amide bonds. The van der Waals surface area contributed by atoms with Crippen LogP contribution in [0.15, 0.2) is 0 Å². The highest BCUT2D eigenvalue weighted by Gasteiger charge is 2.42. The van der Waals surface area contributed by atoms with Gasteiger partial charge in [-0.05, 0) is 20.3 Å². The molecule has 6 heteroatoms. The summed E-state index contributed by atoms with van der Waals surface area (Å²) < 4.78 is 4.77. The second-order valence-electron chi connectivity index (χ2n) is 3.58. The smallest absolute Gasteiger partial charge is 0.329 e. The van der Waals surface area contributed by atoms with Gasteiger partial charge >= 0.3 is 5.97 Å². The maximum Gasteiger partial charge on any atom is 0.329 e. The molecule has 0 aliphatic carbocycles. The first-order valence-electron chi connectivity index (χ1n) is 5.19. The van der Waals surface area contributed by atoms with Crippen molar-refractivity contribution in [3.05, 3.63) is 0 Å². The molecule has 2 atom stereocenters. The molecular formula is C10H15NO5. The first kappa shape index (κ1) is 12.6. The minimum atomic E-state index is -1.29. The first-order valence-corrected chi connectivity index (χ1v) is 5.19. The maximum atomic E-state index is 11.5. The Balaban J connectivity index is 2.81. The van der Waals surface area contributed by atoms with E-state index in [0.717, 1.165) is 4.90 Å². The standard InChI is InChI=1S/C10H15NO5/c1-3-16-10(15)7-4-5-8(13)11(7)9(14)6(2)12/h6-7,12H,3-5H2,1-2H3. The fourth-order valence-electron chi connectivity index (χ4n) is 1.62. The second-order valence-corrected chi connectivity index (χ2v) is 3.58. The molecule has 0 aromatic heterocycles. The van der Waals surface area contributed by atoms with E-state index in [1.807, 2.05) is 0 Å². The Hall–Kier alpha value is -1.43. The average Bonchev–Trinajstić information content (AvgIpc) is 2.59. The molecule has 1 rings (SSSR count). The summed E-state index contributed by atoms with van der Waals surface area (Å²) in [5.41, 5.74) is 0. The van der Waals surface area contributed by atoms with Gasteiger partial charge in [0.15, 0.2) is 0 Å². The van der Waals surface area contributed by atoms with Crippen molar-refractivity contribution in [3.8, 4) is 0 Å². The molecule has 1 saturated heterocycles. The molecule has 0 radical (unpaired) electrons. The van der Waals surface area contributed by atoms with Crippen molar-refractivity contribution in [1.29, 1.82) is 0 Å². The van der Waals surface area contributed by atoms with Gasteiger partial charge in [0, 0.05) is 6.42 Å². The summed E-state index contributed by atoms with van der Waals surface area (Å²) >= 11 is 0. The van der Waals surface area contributed by atoms with Crippen LogP contribution in [0.3, 0.4) is 0 Å². The number of likely N-dealkylation sites (tertiary alicyclic amines) is 1. The van der Waals surface area contributed by atoms with Gasteiger partial charge in [-0.25, -0.2) is 4.79 Å². The highest BCUT2D eigenvalue weighted by molar-refractivity contribution is 6.03. The van der Waals surface area contributed by atoms with Gasteiger partial charge in [0.1, 0.15) is 12.1 Å². The average molecular weight is 229 g/mol. The Kier molecular flexibility index (Phi) is 4.00. The lowest BCUT2D eigenvalue weighted by atomic mass is 10.2. The molecule has 0 bridgehead atoms. The largest absolute Gasteiger partial charge is 0.464 e. The number of hydrogen-bond acceptors (Lipinski definition) is 5. The summed E-state index contributed by atoms with van der Waals surface area (Å²) in [5.74, 6) is -1.79. The number of imide groups is 1. The first-order chi connectivity index (χ1) is 7.49. The van der Waals surface area contributed by atoms with Crippen LogP contribution in [0.2, 0.25) is 0 Å². The monoisotopic (exact) mass is 229 g/mol. The van der Waals surface area contributed by atoms with Gasteiger partial charge in [-0.3, -0.25) is 14.5 Å². The molecule has 0 spiro atoms. The van der Waals surface area contributed by atoms with E-state index in [1.54, 1.807) is 6.92 Å². The maximum absolute atomic E-state index is 11.5. The number of esters is 1. The minimum absolute atomic E-state index is 0.127. The zero-order chi connectivity index (χ0) is 12.3. The molecule has 1 N–H and O–H groups in total. The van der Waals surface area contributed by atoms with Crippen molar-refractivity contribution in [3.63, 3.8) is 0 Å². The fraction of sp³-hybridized carbons (Fsp3) is 0.700. The Morgan fingerprint density at radius 1 is 1.62 bits per heavy atom. The van der Waals surface area contributed by atoms with Crippen LogP contribution in [-0.2, 0) is 19.1 Å². The molecule has 6 nitrogen and oxygen atoms in total. The van der Waals surface area contributed by atoms with Crippen LogP contribution in [0.25, 0.3) is 0 Å². The zero-order valence-corrected chi connectivity index (χ0v) is 9.30. The van der Waals surface area contributed by atoms with E-state index in [-0.39, 0.29) is 19.4 Å². The van der Waals surface area contributed by atoms with E-state index < -0.39 is 29.9 Å². The summed E-state index contributed by atoms with van der Waals surface area (Å²) in [6.45, 7) is 3.10. The predicted octanol–water partition coefficient (Wildman–Crippen LogP) is -0.552. The van der Waals surface area contributed by atoms with Crippen molar-refractivity contribution in [2.24, 2.45) is 0 Å². The van der Waals surface area contributed by atoms with E-state index in [2.05, 4.69) is 0 Å². The van der Waals surface area contributed by atoms with Gasteiger partial charge in [0.05, 0.1) is 6.61 Å². The molecule has 1 aliphatic heterocycles. The van der Waals surface area contributed by atoms with Crippen LogP contribution in [0.5, 0.6) is 0 Å². The Labute approximate surface area is 93.2 Å². The van der Waals surface area contributed by atoms with Gasteiger partial charge in [-0.15, -0.1) is 0 Å². The quantitative estimate of drug-likeness (QED) is 0.656. The Bertz CT molecular complexity index is 312. The Morgan fingerprint density at radius 2 is 2.25 bits per heavy atom. The van der Waals surface area contributed by atoms with Crippen LogP contribution in [0.1, 0.15) is 26.7 Å². The summed E-state index contributed by atoms with van der Waals surface area (Å²) in [6.07, 6.45) is -0.906. The van der Waals surface area contributed by atoms with E-state index in [4.69, 9.17) is 9.84 Å². The number of aliphatic hydroxyl groups excluding tert-OH is 1. The van der Waals surface area contributed by atoms with E-state index in [1.165, 1.54) is 6.92 Å². The third-order valence-electron chi connectivity index (χ3n) is 2.37. The van der Waals surface area contributed by atoms with E-state index >= 15 is 0 Å². The minimum Gasteiger partial charge on any atom is -0.464 e. The van der Waals surface area contributed by atoms with Crippen LogP contribution >= 0.6 is 0 Å². The lowest BCUT2D eigenvalue weighted by Gasteiger charge is -2.22. The number of aliphatic hydroxyl groups is 1. The van der Waals surface area contributed by atoms with Crippen LogP contribution in [0, 0.1) is 0 Å². The summed E-state index contributed by atoms with van der Waals surface area (Å²) in [5, 5.41) is 9.13. The van der Waals surface area contributed by atoms with Crippen LogP contribution < -0.4 is 0 Å². The number of rotatable bonds is 3. The molecule has 1 heterocycles. The molecule has 1 fully saturated rings. The van der Waals surface area contributed by atoms with Crippen molar-refractivity contribution in [1.82, 2.24) is 4.90 Å². The third-order valence-corrected chi connectivity index (χ3v) is 2.37. The molecular weight excluding hydrogens is 214 g/mol. The number of ether oxygens (including phenoxy) is 1. The van der Waals surface area contributed by atoms with Crippen LogP contribution in [0.4, 0.5) is 0 Å². The Morgan fingerprint density at radius 3 is 2.75 bits per heavy atom. The number of carbonyl (C=O) groups excluding carboxylic acids is 3. The number of hydrogen-bond donors (Lipinski definition) is 1. The number of nitrogens with zero attached hydrogens (tertiary/aromatic N) is 1. The molecule has 90 valence electrons. The van der Waals surface area contributed by atoms with Crippen molar-refractivity contribution in [2.45, 2.75) is 38.8 Å². The van der Waals surface area contributed by atoms with Crippen molar-refractivity contribution in [2.75, 3.05) is 6.61 Å². The van der Waals surface area contributed by atoms with Crippen molar-refractivity contribution < 1.29 is 24.2 Å². The van der Waals surface area contributed by atoms with Gasteiger partial charge in [0.25, 0.3) is 5.91 Å². The predicted molar refractivity (Wildman–Crippen MR) is 53.2 cm³/mol. The molecule has 1 aliphatic rings. The SMILES string of the molecule is CCOC(=O)C1CCC(=O)N1C(=O)C(C)O. The molecule has 2 unspecified atom stereocenters.